The zero-order chi connectivity index (χ0) is 25.7. The van der Waals surface area contributed by atoms with Crippen LogP contribution in [0.25, 0.3) is 11.1 Å². The highest BCUT2D eigenvalue weighted by molar-refractivity contribution is 5.66. The second kappa shape index (κ2) is 12.6. The van der Waals surface area contributed by atoms with E-state index in [1.54, 1.807) is 6.07 Å². The Labute approximate surface area is 212 Å². The van der Waals surface area contributed by atoms with E-state index in [2.05, 4.69) is 6.92 Å². The lowest BCUT2D eigenvalue weighted by atomic mass is 9.77. The van der Waals surface area contributed by atoms with E-state index in [0.29, 0.717) is 37.5 Å². The maximum absolute atomic E-state index is 15.1. The number of rotatable bonds is 9. The van der Waals surface area contributed by atoms with Crippen molar-refractivity contribution in [3.8, 4) is 11.1 Å². The molecule has 1 aliphatic carbocycles. The van der Waals surface area contributed by atoms with Gasteiger partial charge in [0.25, 0.3) is 0 Å². The first kappa shape index (κ1) is 27.1. The van der Waals surface area contributed by atoms with Crippen LogP contribution in [-0.4, -0.2) is 25.4 Å². The van der Waals surface area contributed by atoms with Crippen LogP contribution in [-0.2, 0) is 15.9 Å². The molecule has 2 fully saturated rings. The van der Waals surface area contributed by atoms with Crippen LogP contribution in [0.5, 0.6) is 0 Å². The van der Waals surface area contributed by atoms with E-state index in [9.17, 15) is 4.39 Å². The molecule has 36 heavy (non-hydrogen) atoms. The third-order valence-corrected chi connectivity index (χ3v) is 8.01. The summed E-state index contributed by atoms with van der Waals surface area (Å²) in [5.74, 6) is -3.56. The summed E-state index contributed by atoms with van der Waals surface area (Å²) >= 11 is 0. The molecule has 0 radical (unpaired) electrons. The second-order valence-corrected chi connectivity index (χ2v) is 10.4. The first-order chi connectivity index (χ1) is 17.4. The van der Waals surface area contributed by atoms with Crippen molar-refractivity contribution in [1.29, 1.82) is 0 Å². The summed E-state index contributed by atoms with van der Waals surface area (Å²) in [7, 11) is 0. The summed E-state index contributed by atoms with van der Waals surface area (Å²) in [6, 6.07) is 5.78. The highest BCUT2D eigenvalue weighted by atomic mass is 19.2. The van der Waals surface area contributed by atoms with Crippen molar-refractivity contribution < 1.29 is 27.0 Å². The Morgan fingerprint density at radius 2 is 1.47 bits per heavy atom. The molecule has 198 valence electrons. The first-order valence-corrected chi connectivity index (χ1v) is 13.6. The molecule has 1 heterocycles. The van der Waals surface area contributed by atoms with Crippen molar-refractivity contribution in [3.63, 3.8) is 0 Å². The van der Waals surface area contributed by atoms with E-state index in [1.807, 2.05) is 6.92 Å². The maximum atomic E-state index is 15.1. The zero-order valence-electron chi connectivity index (χ0n) is 21.4. The molecule has 0 spiro atoms. The predicted molar refractivity (Wildman–Crippen MR) is 134 cm³/mol. The van der Waals surface area contributed by atoms with E-state index < -0.39 is 23.3 Å². The van der Waals surface area contributed by atoms with E-state index in [-0.39, 0.29) is 34.8 Å². The van der Waals surface area contributed by atoms with Gasteiger partial charge in [0.05, 0.1) is 18.8 Å². The molecule has 1 aliphatic heterocycles. The van der Waals surface area contributed by atoms with Gasteiger partial charge in [-0.3, -0.25) is 0 Å². The quantitative estimate of drug-likeness (QED) is 0.318. The molecule has 4 rings (SSSR count). The fourth-order valence-corrected chi connectivity index (χ4v) is 5.94. The van der Waals surface area contributed by atoms with Crippen molar-refractivity contribution in [1.82, 2.24) is 0 Å². The zero-order valence-corrected chi connectivity index (χ0v) is 21.4. The van der Waals surface area contributed by atoms with Gasteiger partial charge in [0.1, 0.15) is 0 Å². The van der Waals surface area contributed by atoms with Crippen LogP contribution < -0.4 is 0 Å². The molecule has 2 aliphatic rings. The Kier molecular flexibility index (Phi) is 9.46. The van der Waals surface area contributed by atoms with Crippen LogP contribution in [0, 0.1) is 29.2 Å². The van der Waals surface area contributed by atoms with Gasteiger partial charge in [-0.15, -0.1) is 0 Å². The Bertz CT molecular complexity index is 1010. The minimum atomic E-state index is -1.14. The molecule has 2 aromatic rings. The summed E-state index contributed by atoms with van der Waals surface area (Å²) in [5, 5.41) is 0. The number of benzene rings is 2. The van der Waals surface area contributed by atoms with E-state index in [1.165, 1.54) is 24.6 Å². The molecule has 0 N–H and O–H groups in total. The van der Waals surface area contributed by atoms with Crippen LogP contribution in [0.4, 0.5) is 17.6 Å². The van der Waals surface area contributed by atoms with E-state index >= 15 is 13.2 Å². The Balaban J connectivity index is 1.43. The third kappa shape index (κ3) is 6.13. The van der Waals surface area contributed by atoms with Gasteiger partial charge in [-0.25, -0.2) is 17.6 Å². The molecule has 2 nitrogen and oxygen atoms in total. The number of ether oxygens (including phenoxy) is 2. The normalized spacial score (nSPS) is 24.7. The van der Waals surface area contributed by atoms with E-state index in [4.69, 9.17) is 9.47 Å². The average molecular weight is 507 g/mol. The number of hydrogen-bond acceptors (Lipinski definition) is 2. The van der Waals surface area contributed by atoms with Crippen LogP contribution in [0.15, 0.2) is 24.3 Å². The lowest BCUT2D eigenvalue weighted by molar-refractivity contribution is -0.0843. The summed E-state index contributed by atoms with van der Waals surface area (Å²) in [5.41, 5.74) is 0.0756. The number of hydrogen-bond donors (Lipinski definition) is 0. The maximum Gasteiger partial charge on any atom is 0.167 e. The van der Waals surface area contributed by atoms with Crippen LogP contribution in [0.2, 0.25) is 0 Å². The van der Waals surface area contributed by atoms with Gasteiger partial charge in [-0.2, -0.15) is 0 Å². The molecule has 0 amide bonds. The monoisotopic (exact) mass is 506 g/mol. The van der Waals surface area contributed by atoms with Crippen molar-refractivity contribution in [3.05, 3.63) is 58.7 Å². The van der Waals surface area contributed by atoms with Gasteiger partial charge in [-0.05, 0) is 81.3 Å². The van der Waals surface area contributed by atoms with Crippen LogP contribution >= 0.6 is 0 Å². The fourth-order valence-electron chi connectivity index (χ4n) is 5.94. The second-order valence-electron chi connectivity index (χ2n) is 10.4. The lowest BCUT2D eigenvalue weighted by Gasteiger charge is -2.29. The molecular weight excluding hydrogens is 468 g/mol. The minimum Gasteiger partial charge on any atom is -0.376 e. The molecule has 0 bridgehead atoms. The van der Waals surface area contributed by atoms with E-state index in [0.717, 1.165) is 44.9 Å². The van der Waals surface area contributed by atoms with Gasteiger partial charge in [0, 0.05) is 17.7 Å². The average Bonchev–Trinajstić information content (AvgIpc) is 2.89. The fraction of sp³-hybridized carbons (Fsp3) is 0.600. The lowest BCUT2D eigenvalue weighted by Crippen LogP contribution is -2.31. The minimum absolute atomic E-state index is 0.0278. The van der Waals surface area contributed by atoms with Crippen molar-refractivity contribution >= 4 is 0 Å². The van der Waals surface area contributed by atoms with Gasteiger partial charge in [0.2, 0.25) is 0 Å². The largest absolute Gasteiger partial charge is 0.376 e. The van der Waals surface area contributed by atoms with Gasteiger partial charge >= 0.3 is 0 Å². The highest BCUT2D eigenvalue weighted by Gasteiger charge is 2.28. The number of aryl methyl sites for hydroxylation is 1. The van der Waals surface area contributed by atoms with Gasteiger partial charge in [-0.1, -0.05) is 44.0 Å². The molecular formula is C30H38F4O2. The molecule has 2 unspecified atom stereocenters. The molecule has 1 saturated carbocycles. The summed E-state index contributed by atoms with van der Waals surface area (Å²) in [4.78, 5) is 0. The summed E-state index contributed by atoms with van der Waals surface area (Å²) in [6.07, 6.45) is 8.63. The molecule has 2 aromatic carbocycles. The predicted octanol–water partition coefficient (Wildman–Crippen LogP) is 8.50. The Hall–Kier alpha value is -1.92. The standard InChI is InChI=1S/C30H38F4O2/c1-3-5-19-6-8-20(9-7-19)24-16-17-26(30(34)28(24)32)25-15-11-21(27(31)29(25)33)10-12-22-13-14-23(18-36-22)35-4-2/h11,15-17,19-20,22-23H,3-10,12-14,18H2,1-2H3. The smallest absolute Gasteiger partial charge is 0.167 e. The Morgan fingerprint density at radius 3 is 2.11 bits per heavy atom. The molecule has 6 heteroatoms. The summed E-state index contributed by atoms with van der Waals surface area (Å²) in [6.45, 7) is 5.26. The van der Waals surface area contributed by atoms with Crippen molar-refractivity contribution in [2.45, 2.75) is 96.2 Å². The van der Waals surface area contributed by atoms with Crippen molar-refractivity contribution in [2.24, 2.45) is 5.92 Å². The first-order valence-electron chi connectivity index (χ1n) is 13.6. The molecule has 2 atom stereocenters. The van der Waals surface area contributed by atoms with Crippen LogP contribution in [0.1, 0.15) is 88.7 Å². The third-order valence-electron chi connectivity index (χ3n) is 8.01. The SMILES string of the molecule is CCCC1CCC(c2ccc(-c3ccc(CCC4CCC(OCC)CO4)c(F)c3F)c(F)c2F)CC1. The Morgan fingerprint density at radius 1 is 0.778 bits per heavy atom. The topological polar surface area (TPSA) is 18.5 Å². The summed E-state index contributed by atoms with van der Waals surface area (Å²) < 4.78 is 71.5. The van der Waals surface area contributed by atoms with Crippen LogP contribution in [0.3, 0.4) is 0 Å². The van der Waals surface area contributed by atoms with Gasteiger partial charge in [0.15, 0.2) is 23.3 Å². The number of halogens is 4. The highest BCUT2D eigenvalue weighted by Crippen LogP contribution is 2.40. The van der Waals surface area contributed by atoms with Gasteiger partial charge < -0.3 is 9.47 Å². The van der Waals surface area contributed by atoms with Crippen molar-refractivity contribution in [2.75, 3.05) is 13.2 Å². The molecule has 1 saturated heterocycles. The molecule has 0 aromatic heterocycles.